The highest BCUT2D eigenvalue weighted by Crippen LogP contribution is 2.40. The fourth-order valence-corrected chi connectivity index (χ4v) is 4.25. The molecule has 4 aromatic rings. The van der Waals surface area contributed by atoms with E-state index in [-0.39, 0.29) is 11.2 Å². The van der Waals surface area contributed by atoms with Crippen LogP contribution in [0.5, 0.6) is 0 Å². The molecule has 1 heterocycles. The van der Waals surface area contributed by atoms with Crippen LogP contribution in [0.25, 0.3) is 32.3 Å². The standard InChI is InChI=1S/C22H20BClO2/c1-21(2)22(3,4)26-23(25-21)17-12-18(24)16-11-9-14-7-5-6-13-8-10-15(17)20(16)19(13)14/h5-12H,1-4H3. The van der Waals surface area contributed by atoms with Crippen molar-refractivity contribution in [1.82, 2.24) is 0 Å². The topological polar surface area (TPSA) is 18.5 Å². The smallest absolute Gasteiger partial charge is 0.399 e. The van der Waals surface area contributed by atoms with Gasteiger partial charge in [0.15, 0.2) is 0 Å². The van der Waals surface area contributed by atoms with Gasteiger partial charge in [-0.05, 0) is 66.2 Å². The second-order valence-corrected chi connectivity index (χ2v) is 8.62. The Morgan fingerprint density at radius 2 is 1.35 bits per heavy atom. The Bertz CT molecular complexity index is 1130. The Morgan fingerprint density at radius 3 is 1.96 bits per heavy atom. The van der Waals surface area contributed by atoms with Gasteiger partial charge in [-0.1, -0.05) is 54.1 Å². The molecule has 5 rings (SSSR count). The van der Waals surface area contributed by atoms with Crippen molar-refractivity contribution in [3.63, 3.8) is 0 Å². The molecule has 0 bridgehead atoms. The average molecular weight is 363 g/mol. The number of halogens is 1. The van der Waals surface area contributed by atoms with E-state index < -0.39 is 7.12 Å². The second kappa shape index (κ2) is 5.13. The Balaban J connectivity index is 1.85. The van der Waals surface area contributed by atoms with Crippen LogP contribution in [0.15, 0.2) is 48.5 Å². The minimum absolute atomic E-state index is 0.381. The maximum absolute atomic E-state index is 6.70. The van der Waals surface area contributed by atoms with Gasteiger partial charge in [0.05, 0.1) is 11.2 Å². The zero-order valence-corrected chi connectivity index (χ0v) is 16.1. The largest absolute Gasteiger partial charge is 0.495 e. The summed E-state index contributed by atoms with van der Waals surface area (Å²) in [6.45, 7) is 8.30. The molecule has 2 nitrogen and oxygen atoms in total. The Hall–Kier alpha value is -1.81. The zero-order valence-electron chi connectivity index (χ0n) is 15.4. The predicted octanol–water partition coefficient (Wildman–Crippen LogP) is 5.54. The number of hydrogen-bond acceptors (Lipinski definition) is 2. The molecule has 0 saturated carbocycles. The molecule has 1 fully saturated rings. The van der Waals surface area contributed by atoms with Gasteiger partial charge in [0, 0.05) is 10.4 Å². The summed E-state index contributed by atoms with van der Waals surface area (Å²) in [5.41, 5.74) is 0.238. The van der Waals surface area contributed by atoms with E-state index in [2.05, 4.69) is 70.2 Å². The van der Waals surface area contributed by atoms with E-state index in [9.17, 15) is 0 Å². The fourth-order valence-electron chi connectivity index (χ4n) is 3.98. The van der Waals surface area contributed by atoms with Crippen LogP contribution in [0.2, 0.25) is 5.02 Å². The van der Waals surface area contributed by atoms with Crippen LogP contribution in [-0.2, 0) is 9.31 Å². The van der Waals surface area contributed by atoms with Crippen LogP contribution in [0.1, 0.15) is 27.7 Å². The molecule has 1 saturated heterocycles. The lowest BCUT2D eigenvalue weighted by Crippen LogP contribution is -2.41. The van der Waals surface area contributed by atoms with Crippen molar-refractivity contribution in [2.45, 2.75) is 38.9 Å². The van der Waals surface area contributed by atoms with E-state index in [0.29, 0.717) is 0 Å². The van der Waals surface area contributed by atoms with Gasteiger partial charge in [0.2, 0.25) is 0 Å². The van der Waals surface area contributed by atoms with Gasteiger partial charge in [-0.3, -0.25) is 0 Å². The lowest BCUT2D eigenvalue weighted by atomic mass is 9.74. The minimum atomic E-state index is -0.429. The summed E-state index contributed by atoms with van der Waals surface area (Å²) in [7, 11) is -0.429. The van der Waals surface area contributed by atoms with E-state index in [0.717, 1.165) is 21.3 Å². The summed E-state index contributed by atoms with van der Waals surface area (Å²) in [4.78, 5) is 0. The maximum atomic E-state index is 6.70. The fraction of sp³-hybridized carbons (Fsp3) is 0.273. The van der Waals surface area contributed by atoms with Crippen molar-refractivity contribution < 1.29 is 9.31 Å². The van der Waals surface area contributed by atoms with E-state index in [4.69, 9.17) is 20.9 Å². The third kappa shape index (κ3) is 2.08. The molecule has 1 aliphatic heterocycles. The normalized spacial score (nSPS) is 19.2. The van der Waals surface area contributed by atoms with Crippen molar-refractivity contribution in [2.75, 3.05) is 0 Å². The number of benzene rings is 4. The van der Waals surface area contributed by atoms with Crippen molar-refractivity contribution in [2.24, 2.45) is 0 Å². The van der Waals surface area contributed by atoms with Gasteiger partial charge in [0.1, 0.15) is 0 Å². The predicted molar refractivity (Wildman–Crippen MR) is 111 cm³/mol. The van der Waals surface area contributed by atoms with Crippen molar-refractivity contribution >= 4 is 56.5 Å². The summed E-state index contributed by atoms with van der Waals surface area (Å²) >= 11 is 6.70. The first-order chi connectivity index (χ1) is 12.3. The Kier molecular flexibility index (Phi) is 3.23. The first-order valence-electron chi connectivity index (χ1n) is 9.00. The van der Waals surface area contributed by atoms with Crippen molar-refractivity contribution in [3.05, 3.63) is 53.6 Å². The Morgan fingerprint density at radius 1 is 0.769 bits per heavy atom. The number of rotatable bonds is 1. The third-order valence-corrected chi connectivity index (χ3v) is 6.45. The quantitative estimate of drug-likeness (QED) is 0.327. The highest BCUT2D eigenvalue weighted by atomic mass is 35.5. The van der Waals surface area contributed by atoms with Gasteiger partial charge < -0.3 is 9.31 Å². The molecular weight excluding hydrogens is 343 g/mol. The summed E-state index contributed by atoms with van der Waals surface area (Å²) < 4.78 is 12.6. The van der Waals surface area contributed by atoms with E-state index in [1.165, 1.54) is 21.5 Å². The van der Waals surface area contributed by atoms with E-state index in [1.54, 1.807) is 0 Å². The first kappa shape index (κ1) is 16.4. The van der Waals surface area contributed by atoms with Gasteiger partial charge in [-0.25, -0.2) is 0 Å². The molecule has 0 N–H and O–H groups in total. The van der Waals surface area contributed by atoms with Gasteiger partial charge in [0.25, 0.3) is 0 Å². The molecule has 0 unspecified atom stereocenters. The Labute approximate surface area is 158 Å². The summed E-state index contributed by atoms with van der Waals surface area (Å²) in [6, 6.07) is 17.0. The molecule has 1 aliphatic rings. The number of hydrogen-bond donors (Lipinski definition) is 0. The van der Waals surface area contributed by atoms with Crippen LogP contribution in [0, 0.1) is 0 Å². The molecule has 0 amide bonds. The molecule has 26 heavy (non-hydrogen) atoms. The first-order valence-corrected chi connectivity index (χ1v) is 9.38. The molecule has 0 radical (unpaired) electrons. The minimum Gasteiger partial charge on any atom is -0.399 e. The molecule has 4 heteroatoms. The van der Waals surface area contributed by atoms with Crippen LogP contribution in [0.3, 0.4) is 0 Å². The van der Waals surface area contributed by atoms with E-state index >= 15 is 0 Å². The highest BCUT2D eigenvalue weighted by Gasteiger charge is 2.52. The monoisotopic (exact) mass is 362 g/mol. The molecule has 0 spiro atoms. The second-order valence-electron chi connectivity index (χ2n) is 8.22. The molecule has 0 aromatic heterocycles. The molecule has 0 atom stereocenters. The summed E-state index contributed by atoms with van der Waals surface area (Å²) in [5.74, 6) is 0. The van der Waals surface area contributed by atoms with Crippen LogP contribution in [-0.4, -0.2) is 18.3 Å². The van der Waals surface area contributed by atoms with Crippen molar-refractivity contribution in [1.29, 1.82) is 0 Å². The summed E-state index contributed by atoms with van der Waals surface area (Å²) in [6.07, 6.45) is 0. The highest BCUT2D eigenvalue weighted by molar-refractivity contribution is 6.66. The molecule has 0 aliphatic carbocycles. The lowest BCUT2D eigenvalue weighted by molar-refractivity contribution is 0.00578. The molecular formula is C22H20BClO2. The summed E-state index contributed by atoms with van der Waals surface area (Å²) in [5, 5.41) is 7.85. The van der Waals surface area contributed by atoms with Gasteiger partial charge >= 0.3 is 7.12 Å². The zero-order chi connectivity index (χ0) is 18.3. The molecule has 4 aromatic carbocycles. The lowest BCUT2D eigenvalue weighted by Gasteiger charge is -2.32. The molecule has 130 valence electrons. The van der Waals surface area contributed by atoms with Gasteiger partial charge in [-0.2, -0.15) is 0 Å². The average Bonchev–Trinajstić information content (AvgIpc) is 2.81. The van der Waals surface area contributed by atoms with Gasteiger partial charge in [-0.15, -0.1) is 0 Å². The van der Waals surface area contributed by atoms with Crippen LogP contribution >= 0.6 is 11.6 Å². The maximum Gasteiger partial charge on any atom is 0.495 e. The SMILES string of the molecule is CC1(C)OB(c2cc(Cl)c3ccc4cccc5ccc2c3c45)OC1(C)C. The van der Waals surface area contributed by atoms with Crippen LogP contribution < -0.4 is 5.46 Å². The van der Waals surface area contributed by atoms with Crippen LogP contribution in [0.4, 0.5) is 0 Å². The van der Waals surface area contributed by atoms with Crippen molar-refractivity contribution in [3.8, 4) is 0 Å². The third-order valence-electron chi connectivity index (χ3n) is 6.13. The van der Waals surface area contributed by atoms with E-state index in [1.807, 2.05) is 6.07 Å².